The van der Waals surface area contributed by atoms with Crippen molar-refractivity contribution in [1.82, 2.24) is 10.2 Å². The highest BCUT2D eigenvalue weighted by molar-refractivity contribution is 7.92. The molecule has 11 heteroatoms. The van der Waals surface area contributed by atoms with Crippen LogP contribution in [0.15, 0.2) is 72.8 Å². The number of benzene rings is 3. The molecule has 0 aliphatic heterocycles. The van der Waals surface area contributed by atoms with Gasteiger partial charge in [-0.3, -0.25) is 13.9 Å². The van der Waals surface area contributed by atoms with E-state index in [-0.39, 0.29) is 30.6 Å². The number of anilines is 1. The summed E-state index contributed by atoms with van der Waals surface area (Å²) in [6.45, 7) is 3.13. The summed E-state index contributed by atoms with van der Waals surface area (Å²) in [5, 5.41) is 3.97. The minimum atomic E-state index is -3.86. The van der Waals surface area contributed by atoms with Crippen molar-refractivity contribution in [2.45, 2.75) is 38.9 Å². The minimum Gasteiger partial charge on any atom is -0.352 e. The Morgan fingerprint density at radius 1 is 0.872 bits per heavy atom. The predicted molar refractivity (Wildman–Crippen MR) is 158 cm³/mol. The van der Waals surface area contributed by atoms with Crippen LogP contribution in [0.5, 0.6) is 0 Å². The Labute approximate surface area is 244 Å². The van der Waals surface area contributed by atoms with E-state index in [0.29, 0.717) is 20.6 Å². The highest BCUT2D eigenvalue weighted by Crippen LogP contribution is 2.25. The highest BCUT2D eigenvalue weighted by atomic mass is 35.5. The molecule has 0 spiro atoms. The van der Waals surface area contributed by atoms with Crippen molar-refractivity contribution in [1.29, 1.82) is 0 Å². The van der Waals surface area contributed by atoms with Gasteiger partial charge in [0.1, 0.15) is 12.6 Å². The van der Waals surface area contributed by atoms with Crippen LogP contribution in [0.1, 0.15) is 25.0 Å². The Kier molecular flexibility index (Phi) is 10.7. The molecule has 0 saturated carbocycles. The lowest BCUT2D eigenvalue weighted by Crippen LogP contribution is -2.54. The third-order valence-corrected chi connectivity index (χ3v) is 7.96. The fraction of sp³-hybridized carbons (Fsp3) is 0.286. The van der Waals surface area contributed by atoms with Gasteiger partial charge in [0.2, 0.25) is 21.8 Å². The first-order valence-corrected chi connectivity index (χ1v) is 15.1. The van der Waals surface area contributed by atoms with E-state index in [2.05, 4.69) is 5.32 Å². The first-order valence-electron chi connectivity index (χ1n) is 12.2. The number of carbonyl (C=O) groups is 2. The number of sulfonamides is 1. The van der Waals surface area contributed by atoms with Crippen molar-refractivity contribution in [2.75, 3.05) is 17.1 Å². The first-order chi connectivity index (χ1) is 18.3. The summed E-state index contributed by atoms with van der Waals surface area (Å²) in [6, 6.07) is 19.3. The first kappa shape index (κ1) is 30.8. The molecule has 0 radical (unpaired) electrons. The van der Waals surface area contributed by atoms with Crippen LogP contribution in [0.4, 0.5) is 5.69 Å². The van der Waals surface area contributed by atoms with Gasteiger partial charge in [0, 0.05) is 24.0 Å². The molecule has 0 aliphatic carbocycles. The van der Waals surface area contributed by atoms with E-state index < -0.39 is 28.5 Å². The topological polar surface area (TPSA) is 86.8 Å². The second kappa shape index (κ2) is 13.5. The van der Waals surface area contributed by atoms with E-state index in [9.17, 15) is 18.0 Å². The maximum atomic E-state index is 14.0. The summed E-state index contributed by atoms with van der Waals surface area (Å²) in [5.41, 5.74) is 1.74. The number of halogens is 3. The fourth-order valence-corrected chi connectivity index (χ4v) is 5.29. The summed E-state index contributed by atoms with van der Waals surface area (Å²) in [4.78, 5) is 28.9. The van der Waals surface area contributed by atoms with Crippen LogP contribution in [-0.2, 0) is 32.6 Å². The third-order valence-electron chi connectivity index (χ3n) is 5.83. The third kappa shape index (κ3) is 8.86. The number of rotatable bonds is 11. The molecule has 0 aliphatic rings. The van der Waals surface area contributed by atoms with Gasteiger partial charge in [0.15, 0.2) is 0 Å². The molecule has 0 heterocycles. The number of carbonyl (C=O) groups excluding carboxylic acids is 2. The molecule has 39 heavy (non-hydrogen) atoms. The minimum absolute atomic E-state index is 0.00302. The Morgan fingerprint density at radius 3 is 2.08 bits per heavy atom. The summed E-state index contributed by atoms with van der Waals surface area (Å²) in [7, 11) is -3.86. The predicted octanol–water partition coefficient (Wildman–Crippen LogP) is 5.58. The van der Waals surface area contributed by atoms with Crippen molar-refractivity contribution >= 4 is 62.3 Å². The summed E-state index contributed by atoms with van der Waals surface area (Å²) in [6.07, 6.45) is 1.23. The lowest BCUT2D eigenvalue weighted by Gasteiger charge is -2.34. The van der Waals surface area contributed by atoms with Crippen molar-refractivity contribution in [3.63, 3.8) is 0 Å². The van der Waals surface area contributed by atoms with Gasteiger partial charge in [0.05, 0.1) is 22.0 Å². The number of hydrogen-bond donors (Lipinski definition) is 1. The number of nitrogens with one attached hydrogen (secondary N) is 1. The molecular weight excluding hydrogens is 581 g/mol. The molecule has 7 nitrogen and oxygen atoms in total. The van der Waals surface area contributed by atoms with Crippen molar-refractivity contribution in [3.05, 3.63) is 99.0 Å². The van der Waals surface area contributed by atoms with Gasteiger partial charge < -0.3 is 10.2 Å². The molecule has 1 atom stereocenters. The van der Waals surface area contributed by atoms with Crippen LogP contribution in [0, 0.1) is 0 Å². The van der Waals surface area contributed by atoms with E-state index >= 15 is 0 Å². The van der Waals surface area contributed by atoms with Gasteiger partial charge in [0.25, 0.3) is 0 Å². The van der Waals surface area contributed by atoms with Gasteiger partial charge in [-0.2, -0.15) is 0 Å². The second-order valence-corrected chi connectivity index (χ2v) is 12.5. The molecular formula is C28H30Cl3N3O4S. The zero-order valence-corrected chi connectivity index (χ0v) is 24.9. The molecule has 0 bridgehead atoms. The zero-order chi connectivity index (χ0) is 28.7. The Balaban J connectivity index is 2.06. The smallest absolute Gasteiger partial charge is 0.244 e. The standard InChI is InChI=1S/C28H30Cl3N3O4S/c1-19(2)32-28(36)26(16-20-7-5-4-6-8-20)33(17-21-9-14-24(30)25(31)15-21)27(35)18-34(39(3,37)38)23-12-10-22(29)11-13-23/h4-15,19,26H,16-18H2,1-3H3,(H,32,36). The largest absolute Gasteiger partial charge is 0.352 e. The second-order valence-electron chi connectivity index (χ2n) is 9.38. The summed E-state index contributed by atoms with van der Waals surface area (Å²) in [5.74, 6) is -0.930. The van der Waals surface area contributed by atoms with Crippen LogP contribution in [0.2, 0.25) is 15.1 Å². The quantitative estimate of drug-likeness (QED) is 0.307. The van der Waals surface area contributed by atoms with Crippen molar-refractivity contribution in [2.24, 2.45) is 0 Å². The maximum Gasteiger partial charge on any atom is 0.244 e. The average Bonchev–Trinajstić information content (AvgIpc) is 2.87. The molecule has 1 unspecified atom stereocenters. The average molecular weight is 611 g/mol. The molecule has 0 saturated heterocycles. The van der Waals surface area contributed by atoms with E-state index in [0.717, 1.165) is 16.1 Å². The lowest BCUT2D eigenvalue weighted by atomic mass is 10.0. The van der Waals surface area contributed by atoms with E-state index in [1.54, 1.807) is 30.3 Å². The van der Waals surface area contributed by atoms with Crippen LogP contribution >= 0.6 is 34.8 Å². The molecule has 3 aromatic carbocycles. The zero-order valence-electron chi connectivity index (χ0n) is 21.8. The number of amides is 2. The summed E-state index contributed by atoms with van der Waals surface area (Å²) >= 11 is 18.3. The normalized spacial score (nSPS) is 12.2. The van der Waals surface area contributed by atoms with Crippen LogP contribution in [0.25, 0.3) is 0 Å². The monoisotopic (exact) mass is 609 g/mol. The van der Waals surface area contributed by atoms with E-state index in [1.807, 2.05) is 44.2 Å². The maximum absolute atomic E-state index is 14.0. The SMILES string of the molecule is CC(C)NC(=O)C(Cc1ccccc1)N(Cc1ccc(Cl)c(Cl)c1)C(=O)CN(c1ccc(Cl)cc1)S(C)(=O)=O. The van der Waals surface area contributed by atoms with Crippen LogP contribution in [-0.4, -0.2) is 50.0 Å². The van der Waals surface area contributed by atoms with Gasteiger partial charge >= 0.3 is 0 Å². The van der Waals surface area contributed by atoms with Crippen molar-refractivity contribution in [3.8, 4) is 0 Å². The van der Waals surface area contributed by atoms with Gasteiger partial charge in [-0.05, 0) is 61.4 Å². The molecule has 2 amide bonds. The Hall–Kier alpha value is -2.78. The molecule has 3 aromatic rings. The number of nitrogens with zero attached hydrogens (tertiary/aromatic N) is 2. The van der Waals surface area contributed by atoms with Gasteiger partial charge in [-0.15, -0.1) is 0 Å². The molecule has 3 rings (SSSR count). The van der Waals surface area contributed by atoms with Gasteiger partial charge in [-0.1, -0.05) is 71.2 Å². The Morgan fingerprint density at radius 2 is 1.51 bits per heavy atom. The van der Waals surface area contributed by atoms with Crippen molar-refractivity contribution < 1.29 is 18.0 Å². The molecule has 0 fully saturated rings. The number of hydrogen-bond acceptors (Lipinski definition) is 4. The highest BCUT2D eigenvalue weighted by Gasteiger charge is 2.33. The Bertz CT molecular complexity index is 1400. The van der Waals surface area contributed by atoms with E-state index in [1.165, 1.54) is 17.0 Å². The van der Waals surface area contributed by atoms with Gasteiger partial charge in [-0.25, -0.2) is 8.42 Å². The van der Waals surface area contributed by atoms with E-state index in [4.69, 9.17) is 34.8 Å². The molecule has 208 valence electrons. The van der Waals surface area contributed by atoms with Crippen LogP contribution in [0.3, 0.4) is 0 Å². The fourth-order valence-electron chi connectivity index (χ4n) is 3.99. The lowest BCUT2D eigenvalue weighted by molar-refractivity contribution is -0.140. The summed E-state index contributed by atoms with van der Waals surface area (Å²) < 4.78 is 26.5. The van der Waals surface area contributed by atoms with Crippen LogP contribution < -0.4 is 9.62 Å². The molecule has 1 N–H and O–H groups in total. The molecule has 0 aromatic heterocycles.